The fraction of sp³-hybridized carbons (Fsp3) is 0.429. The molecule has 1 aliphatic carbocycles. The second-order valence-electron chi connectivity index (χ2n) is 7.43. The molecule has 6 heteroatoms. The van der Waals surface area contributed by atoms with Gasteiger partial charge in [0.15, 0.2) is 0 Å². The molecule has 1 aliphatic rings. The maximum Gasteiger partial charge on any atom is 0.272 e. The van der Waals surface area contributed by atoms with Crippen LogP contribution >= 0.6 is 0 Å². The first-order valence-electron chi connectivity index (χ1n) is 9.32. The highest BCUT2D eigenvalue weighted by Gasteiger charge is 2.31. The predicted molar refractivity (Wildman–Crippen MR) is 105 cm³/mol. The number of methoxy groups -OCH3 is 1. The molecule has 1 saturated carbocycles. The van der Waals surface area contributed by atoms with Gasteiger partial charge in [-0.05, 0) is 58.6 Å². The Labute approximate surface area is 158 Å². The summed E-state index contributed by atoms with van der Waals surface area (Å²) >= 11 is 0. The molecule has 0 radical (unpaired) electrons. The van der Waals surface area contributed by atoms with E-state index in [-0.39, 0.29) is 11.6 Å². The van der Waals surface area contributed by atoms with Crippen molar-refractivity contribution in [3.8, 4) is 17.1 Å². The van der Waals surface area contributed by atoms with Gasteiger partial charge in [-0.25, -0.2) is 9.97 Å². The molecule has 1 atom stereocenters. The number of nitrogens with zero attached hydrogens (tertiary/aromatic N) is 4. The molecule has 0 bridgehead atoms. The van der Waals surface area contributed by atoms with Gasteiger partial charge in [-0.1, -0.05) is 0 Å². The van der Waals surface area contributed by atoms with Crippen LogP contribution in [0.25, 0.3) is 22.3 Å². The van der Waals surface area contributed by atoms with E-state index in [0.29, 0.717) is 17.5 Å². The van der Waals surface area contributed by atoms with Crippen LogP contribution in [0.5, 0.6) is 5.88 Å². The molecule has 0 aromatic carbocycles. The smallest absolute Gasteiger partial charge is 0.272 e. The summed E-state index contributed by atoms with van der Waals surface area (Å²) in [7, 11) is 1.62. The van der Waals surface area contributed by atoms with Gasteiger partial charge < -0.3 is 9.30 Å². The topological polar surface area (TPSA) is 69.9 Å². The minimum atomic E-state index is -0.0141. The van der Waals surface area contributed by atoms with E-state index >= 15 is 0 Å². The molecule has 3 aromatic rings. The van der Waals surface area contributed by atoms with E-state index in [4.69, 9.17) is 4.74 Å². The summed E-state index contributed by atoms with van der Waals surface area (Å²) in [6.45, 7) is 7.80. The van der Waals surface area contributed by atoms with E-state index in [1.165, 1.54) is 12.8 Å². The number of aromatic nitrogens is 4. The Bertz CT molecular complexity index is 1100. The lowest BCUT2D eigenvalue weighted by molar-refractivity contribution is 0.394. The highest BCUT2D eigenvalue weighted by atomic mass is 16.5. The molecule has 6 nitrogen and oxygen atoms in total. The Balaban J connectivity index is 2.01. The third kappa shape index (κ3) is 2.89. The molecule has 140 valence electrons. The van der Waals surface area contributed by atoms with Crippen molar-refractivity contribution in [3.05, 3.63) is 45.6 Å². The molecule has 3 heterocycles. The van der Waals surface area contributed by atoms with Gasteiger partial charge in [0, 0.05) is 23.4 Å². The minimum absolute atomic E-state index is 0.0141. The highest BCUT2D eigenvalue weighted by molar-refractivity contribution is 5.90. The number of ether oxygens (including phenoxy) is 1. The molecule has 3 aromatic heterocycles. The molecule has 0 amide bonds. The normalized spacial score (nSPS) is 15.1. The first-order valence-corrected chi connectivity index (χ1v) is 9.32. The van der Waals surface area contributed by atoms with Crippen LogP contribution in [-0.2, 0) is 0 Å². The summed E-state index contributed by atoms with van der Waals surface area (Å²) in [5, 5.41) is 0. The molecule has 0 aliphatic heterocycles. The molecule has 27 heavy (non-hydrogen) atoms. The summed E-state index contributed by atoms with van der Waals surface area (Å²) in [5.41, 5.74) is 5.50. The fourth-order valence-corrected chi connectivity index (χ4v) is 3.77. The molecular formula is C21H24N4O2. The number of aryl methyl sites for hydroxylation is 3. The quantitative estimate of drug-likeness (QED) is 0.705. The van der Waals surface area contributed by atoms with E-state index < -0.39 is 0 Å². The van der Waals surface area contributed by atoms with Gasteiger partial charge in [0.1, 0.15) is 11.2 Å². The largest absolute Gasteiger partial charge is 0.481 e. The first kappa shape index (κ1) is 17.6. The Morgan fingerprint density at radius 2 is 1.93 bits per heavy atom. The van der Waals surface area contributed by atoms with Crippen LogP contribution in [0.1, 0.15) is 42.8 Å². The van der Waals surface area contributed by atoms with E-state index in [0.717, 1.165) is 33.5 Å². The lowest BCUT2D eigenvalue weighted by Crippen LogP contribution is -2.28. The van der Waals surface area contributed by atoms with Gasteiger partial charge in [-0.2, -0.15) is 0 Å². The van der Waals surface area contributed by atoms with Crippen LogP contribution in [0.15, 0.2) is 23.1 Å². The Morgan fingerprint density at radius 3 is 2.59 bits per heavy atom. The van der Waals surface area contributed by atoms with Crippen LogP contribution in [0.2, 0.25) is 0 Å². The number of fused-ring (bicyclic) bond motifs is 1. The van der Waals surface area contributed by atoms with Crippen molar-refractivity contribution in [1.82, 2.24) is 19.5 Å². The van der Waals surface area contributed by atoms with Crippen LogP contribution in [0.3, 0.4) is 0 Å². The van der Waals surface area contributed by atoms with E-state index in [2.05, 4.69) is 21.9 Å². The number of hydrogen-bond acceptors (Lipinski definition) is 5. The van der Waals surface area contributed by atoms with Crippen LogP contribution < -0.4 is 10.3 Å². The lowest BCUT2D eigenvalue weighted by atomic mass is 10.1. The highest BCUT2D eigenvalue weighted by Crippen LogP contribution is 2.40. The first-order chi connectivity index (χ1) is 12.9. The van der Waals surface area contributed by atoms with Crippen molar-refractivity contribution in [1.29, 1.82) is 0 Å². The Kier molecular flexibility index (Phi) is 4.21. The molecule has 0 N–H and O–H groups in total. The molecule has 0 saturated heterocycles. The number of rotatable bonds is 4. The average molecular weight is 364 g/mol. The summed E-state index contributed by atoms with van der Waals surface area (Å²) in [6, 6.07) is 4.08. The molecule has 1 unspecified atom stereocenters. The monoisotopic (exact) mass is 364 g/mol. The van der Waals surface area contributed by atoms with Gasteiger partial charge in [-0.3, -0.25) is 9.78 Å². The Morgan fingerprint density at radius 1 is 1.19 bits per heavy atom. The fourth-order valence-electron chi connectivity index (χ4n) is 3.77. The summed E-state index contributed by atoms with van der Waals surface area (Å²) in [5.74, 6) is 1.18. The van der Waals surface area contributed by atoms with Crippen molar-refractivity contribution >= 4 is 11.0 Å². The third-order valence-corrected chi connectivity index (χ3v) is 5.49. The van der Waals surface area contributed by atoms with Crippen molar-refractivity contribution in [2.24, 2.45) is 5.92 Å². The van der Waals surface area contributed by atoms with Gasteiger partial charge >= 0.3 is 0 Å². The van der Waals surface area contributed by atoms with Crippen LogP contribution in [0.4, 0.5) is 0 Å². The summed E-state index contributed by atoms with van der Waals surface area (Å²) in [6.07, 6.45) is 4.10. The maximum absolute atomic E-state index is 12.9. The zero-order valence-corrected chi connectivity index (χ0v) is 16.4. The molecule has 1 fully saturated rings. The van der Waals surface area contributed by atoms with Crippen molar-refractivity contribution < 1.29 is 4.74 Å². The zero-order valence-electron chi connectivity index (χ0n) is 16.4. The van der Waals surface area contributed by atoms with Gasteiger partial charge in [-0.15, -0.1) is 0 Å². The van der Waals surface area contributed by atoms with Crippen molar-refractivity contribution in [2.45, 2.75) is 46.6 Å². The average Bonchev–Trinajstić information content (AvgIpc) is 3.49. The van der Waals surface area contributed by atoms with E-state index in [1.807, 2.05) is 30.5 Å². The second-order valence-corrected chi connectivity index (χ2v) is 7.43. The molecule has 0 spiro atoms. The van der Waals surface area contributed by atoms with E-state index in [9.17, 15) is 4.79 Å². The second kappa shape index (κ2) is 6.44. The van der Waals surface area contributed by atoms with Gasteiger partial charge in [0.05, 0.1) is 24.0 Å². The van der Waals surface area contributed by atoms with Gasteiger partial charge in [0.2, 0.25) is 5.88 Å². The minimum Gasteiger partial charge on any atom is -0.481 e. The predicted octanol–water partition coefficient (Wildman–Crippen LogP) is 3.76. The Hall–Kier alpha value is -2.76. The van der Waals surface area contributed by atoms with Crippen molar-refractivity contribution in [2.75, 3.05) is 7.11 Å². The van der Waals surface area contributed by atoms with Gasteiger partial charge in [0.25, 0.3) is 5.56 Å². The standard InChI is InChI=1S/C21H24N4O2/c1-11-10-16(12(2)24-20(11)27-5)18-19-17(8-9-22-18)25(14(4)15-6-7-15)21(26)13(3)23-19/h8-10,14-15H,6-7H2,1-5H3. The van der Waals surface area contributed by atoms with Crippen LogP contribution in [-0.4, -0.2) is 26.6 Å². The lowest BCUT2D eigenvalue weighted by Gasteiger charge is -2.19. The SMILES string of the molecule is COc1nc(C)c(-c2nccc3c2nc(C)c(=O)n3C(C)C2CC2)cc1C. The molecule has 4 rings (SSSR count). The molecular weight excluding hydrogens is 340 g/mol. The third-order valence-electron chi connectivity index (χ3n) is 5.49. The van der Waals surface area contributed by atoms with E-state index in [1.54, 1.807) is 20.2 Å². The summed E-state index contributed by atoms with van der Waals surface area (Å²) < 4.78 is 7.23. The van der Waals surface area contributed by atoms with Crippen molar-refractivity contribution in [3.63, 3.8) is 0 Å². The zero-order chi connectivity index (χ0) is 19.3. The maximum atomic E-state index is 12.9. The number of hydrogen-bond donors (Lipinski definition) is 0. The number of pyridine rings is 2. The summed E-state index contributed by atoms with van der Waals surface area (Å²) in [4.78, 5) is 26.7. The van der Waals surface area contributed by atoms with Crippen LogP contribution in [0, 0.1) is 26.7 Å².